The van der Waals surface area contributed by atoms with E-state index in [-0.39, 0.29) is 23.9 Å². The van der Waals surface area contributed by atoms with E-state index in [9.17, 15) is 14.8 Å². The van der Waals surface area contributed by atoms with Gasteiger partial charge in [0.05, 0.1) is 0 Å². The predicted octanol–water partition coefficient (Wildman–Crippen LogP) is 3.35. The summed E-state index contributed by atoms with van der Waals surface area (Å²) in [4.78, 5) is 23.9. The van der Waals surface area contributed by atoms with Crippen LogP contribution in [0.15, 0.2) is 48.5 Å². The summed E-state index contributed by atoms with van der Waals surface area (Å²) in [6.45, 7) is 8.33. The van der Waals surface area contributed by atoms with Crippen molar-refractivity contribution in [3.8, 4) is 0 Å². The summed E-state index contributed by atoms with van der Waals surface area (Å²) >= 11 is 0. The minimum Gasteiger partial charge on any atom is -0.350 e. The Bertz CT molecular complexity index is 716. The maximum Gasteiger partial charge on any atom is 0.251 e. The highest BCUT2D eigenvalue weighted by Gasteiger charge is 2.10. The third-order valence-corrected chi connectivity index (χ3v) is 4.00. The SMILES string of the molecule is CC(C)NC(=O)c1ccc(CN(O)Cc2ccc(C(=O)NC(C)C)cc2)cc1. The van der Waals surface area contributed by atoms with E-state index >= 15 is 0 Å². The Balaban J connectivity index is 1.90. The van der Waals surface area contributed by atoms with Gasteiger partial charge >= 0.3 is 0 Å². The van der Waals surface area contributed by atoms with Gasteiger partial charge in [0, 0.05) is 36.3 Å². The van der Waals surface area contributed by atoms with Crippen molar-refractivity contribution in [3.63, 3.8) is 0 Å². The molecule has 0 fully saturated rings. The van der Waals surface area contributed by atoms with Gasteiger partial charge in [-0.15, -0.1) is 0 Å². The van der Waals surface area contributed by atoms with Gasteiger partial charge in [0.25, 0.3) is 11.8 Å². The minimum absolute atomic E-state index is 0.0861. The molecule has 0 unspecified atom stereocenters. The molecule has 0 bridgehead atoms. The van der Waals surface area contributed by atoms with Crippen molar-refractivity contribution >= 4 is 11.8 Å². The normalized spacial score (nSPS) is 11.1. The van der Waals surface area contributed by atoms with E-state index in [1.54, 1.807) is 24.3 Å². The van der Waals surface area contributed by atoms with Crippen molar-refractivity contribution in [1.82, 2.24) is 15.7 Å². The molecule has 0 atom stereocenters. The Hall–Kier alpha value is -2.70. The van der Waals surface area contributed by atoms with E-state index < -0.39 is 0 Å². The molecule has 0 aromatic heterocycles. The molecule has 0 aliphatic carbocycles. The highest BCUT2D eigenvalue weighted by molar-refractivity contribution is 5.94. The molecular weight excluding hydrogens is 354 g/mol. The summed E-state index contributed by atoms with van der Waals surface area (Å²) in [5, 5.41) is 17.1. The number of amides is 2. The smallest absolute Gasteiger partial charge is 0.251 e. The van der Waals surface area contributed by atoms with Crippen LogP contribution in [0.5, 0.6) is 0 Å². The lowest BCUT2D eigenvalue weighted by atomic mass is 10.1. The third kappa shape index (κ3) is 6.79. The largest absolute Gasteiger partial charge is 0.350 e. The number of hydrogen-bond acceptors (Lipinski definition) is 4. The molecule has 2 rings (SSSR count). The Morgan fingerprint density at radius 3 is 1.36 bits per heavy atom. The monoisotopic (exact) mass is 383 g/mol. The Labute approximate surface area is 166 Å². The van der Waals surface area contributed by atoms with Crippen LogP contribution in [-0.2, 0) is 13.1 Å². The second-order valence-corrected chi connectivity index (χ2v) is 7.47. The van der Waals surface area contributed by atoms with E-state index in [0.717, 1.165) is 11.1 Å². The molecule has 0 radical (unpaired) electrons. The molecule has 2 amide bonds. The lowest BCUT2D eigenvalue weighted by Crippen LogP contribution is -2.30. The van der Waals surface area contributed by atoms with Crippen molar-refractivity contribution in [2.24, 2.45) is 0 Å². The van der Waals surface area contributed by atoms with Crippen LogP contribution in [-0.4, -0.2) is 34.2 Å². The fraction of sp³-hybridized carbons (Fsp3) is 0.364. The predicted molar refractivity (Wildman–Crippen MR) is 109 cm³/mol. The van der Waals surface area contributed by atoms with Crippen molar-refractivity contribution in [3.05, 3.63) is 70.8 Å². The van der Waals surface area contributed by atoms with Crippen LogP contribution in [0.4, 0.5) is 0 Å². The molecule has 0 spiro atoms. The number of carbonyl (C=O) groups excluding carboxylic acids is 2. The summed E-state index contributed by atoms with van der Waals surface area (Å²) in [6.07, 6.45) is 0. The number of hydrogen-bond donors (Lipinski definition) is 3. The third-order valence-electron chi connectivity index (χ3n) is 4.00. The zero-order valence-electron chi connectivity index (χ0n) is 16.9. The number of nitrogens with one attached hydrogen (secondary N) is 2. The molecule has 2 aromatic carbocycles. The lowest BCUT2D eigenvalue weighted by Gasteiger charge is -2.16. The van der Waals surface area contributed by atoms with Crippen molar-refractivity contribution in [2.75, 3.05) is 0 Å². The molecule has 0 saturated heterocycles. The maximum absolute atomic E-state index is 12.0. The van der Waals surface area contributed by atoms with Crippen LogP contribution in [0.25, 0.3) is 0 Å². The van der Waals surface area contributed by atoms with E-state index in [0.29, 0.717) is 24.2 Å². The zero-order valence-corrected chi connectivity index (χ0v) is 16.9. The Morgan fingerprint density at radius 2 is 1.07 bits per heavy atom. The van der Waals surface area contributed by atoms with Crippen LogP contribution >= 0.6 is 0 Å². The van der Waals surface area contributed by atoms with Gasteiger partial charge in [-0.1, -0.05) is 24.3 Å². The van der Waals surface area contributed by atoms with Gasteiger partial charge in [-0.25, -0.2) is 0 Å². The van der Waals surface area contributed by atoms with Crippen molar-refractivity contribution in [2.45, 2.75) is 52.9 Å². The molecule has 6 nitrogen and oxygen atoms in total. The first kappa shape index (κ1) is 21.6. The molecule has 28 heavy (non-hydrogen) atoms. The lowest BCUT2D eigenvalue weighted by molar-refractivity contribution is -0.108. The second-order valence-electron chi connectivity index (χ2n) is 7.47. The van der Waals surface area contributed by atoms with Crippen molar-refractivity contribution < 1.29 is 14.8 Å². The molecule has 2 aromatic rings. The zero-order chi connectivity index (χ0) is 20.7. The van der Waals surface area contributed by atoms with Gasteiger partial charge < -0.3 is 15.8 Å². The number of carbonyl (C=O) groups is 2. The average molecular weight is 383 g/mol. The van der Waals surface area contributed by atoms with Gasteiger partial charge in [0.1, 0.15) is 0 Å². The van der Waals surface area contributed by atoms with Gasteiger partial charge in [-0.3, -0.25) is 9.59 Å². The first-order valence-electron chi connectivity index (χ1n) is 9.48. The average Bonchev–Trinajstić information content (AvgIpc) is 2.61. The molecule has 0 aliphatic rings. The molecular formula is C22H29N3O3. The molecule has 150 valence electrons. The number of nitrogens with zero attached hydrogens (tertiary/aromatic N) is 1. The van der Waals surface area contributed by atoms with E-state index in [2.05, 4.69) is 10.6 Å². The fourth-order valence-corrected chi connectivity index (χ4v) is 2.69. The van der Waals surface area contributed by atoms with Crippen LogP contribution in [0.1, 0.15) is 59.5 Å². The van der Waals surface area contributed by atoms with Gasteiger partial charge in [0.2, 0.25) is 0 Å². The van der Waals surface area contributed by atoms with Crippen LogP contribution in [0, 0.1) is 0 Å². The molecule has 0 heterocycles. The Kier molecular flexibility index (Phi) is 7.72. The fourth-order valence-electron chi connectivity index (χ4n) is 2.69. The summed E-state index contributed by atoms with van der Waals surface area (Å²) in [5.41, 5.74) is 2.99. The summed E-state index contributed by atoms with van der Waals surface area (Å²) in [5.74, 6) is -0.215. The summed E-state index contributed by atoms with van der Waals surface area (Å²) in [6, 6.07) is 14.5. The first-order valence-corrected chi connectivity index (χ1v) is 9.48. The molecule has 0 aliphatic heterocycles. The van der Waals surface area contributed by atoms with E-state index in [4.69, 9.17) is 0 Å². The standard InChI is InChI=1S/C22H29N3O3/c1-15(2)23-21(26)19-9-5-17(6-10-19)13-25(28)14-18-7-11-20(12-8-18)22(27)24-16(3)4/h5-12,15-16,28H,13-14H2,1-4H3,(H,23,26)(H,24,27). The number of hydroxylamine groups is 2. The van der Waals surface area contributed by atoms with Crippen LogP contribution in [0.2, 0.25) is 0 Å². The molecule has 3 N–H and O–H groups in total. The highest BCUT2D eigenvalue weighted by Crippen LogP contribution is 2.11. The number of rotatable bonds is 8. The molecule has 6 heteroatoms. The summed E-state index contributed by atoms with van der Waals surface area (Å²) in [7, 11) is 0. The number of benzene rings is 2. The topological polar surface area (TPSA) is 81.7 Å². The first-order chi connectivity index (χ1) is 13.2. The quantitative estimate of drug-likeness (QED) is 0.611. The van der Waals surface area contributed by atoms with Gasteiger partial charge in [0.15, 0.2) is 0 Å². The van der Waals surface area contributed by atoms with E-state index in [1.807, 2.05) is 52.0 Å². The maximum atomic E-state index is 12.0. The summed E-state index contributed by atoms with van der Waals surface area (Å²) < 4.78 is 0. The minimum atomic E-state index is -0.107. The highest BCUT2D eigenvalue weighted by atomic mass is 16.5. The molecule has 0 saturated carbocycles. The van der Waals surface area contributed by atoms with Crippen molar-refractivity contribution in [1.29, 1.82) is 0 Å². The second kappa shape index (κ2) is 10.0. The Morgan fingerprint density at radius 1 is 0.750 bits per heavy atom. The van der Waals surface area contributed by atoms with Crippen LogP contribution in [0.3, 0.4) is 0 Å². The van der Waals surface area contributed by atoms with E-state index in [1.165, 1.54) is 5.06 Å². The van der Waals surface area contributed by atoms with Crippen LogP contribution < -0.4 is 10.6 Å². The van der Waals surface area contributed by atoms with Gasteiger partial charge in [-0.2, -0.15) is 5.06 Å². The van der Waals surface area contributed by atoms with Gasteiger partial charge in [-0.05, 0) is 63.1 Å².